The molecule has 24 nitrogen and oxygen atoms in total. The number of alkyl halides is 3. The molecule has 6 atom stereocenters. The van der Waals surface area contributed by atoms with Gasteiger partial charge in [0.1, 0.15) is 96.9 Å². The number of benzene rings is 6. The lowest BCUT2D eigenvalue weighted by atomic mass is 10.0. The van der Waals surface area contributed by atoms with Crippen molar-refractivity contribution in [1.29, 1.82) is 0 Å². The molecule has 3 fully saturated rings. The van der Waals surface area contributed by atoms with Gasteiger partial charge >= 0.3 is 23.4 Å². The fraction of sp³-hybridized carbons (Fsp3) is 0.386. The monoisotopic (exact) mass is 1900 g/mol. The van der Waals surface area contributed by atoms with Crippen molar-refractivity contribution < 1.29 is 124 Å². The Hall–Kier alpha value is -8.59. The van der Waals surface area contributed by atoms with Gasteiger partial charge in [0.2, 0.25) is 17.7 Å². The zero-order valence-corrected chi connectivity index (χ0v) is 73.7. The molecule has 0 radical (unpaired) electrons. The van der Waals surface area contributed by atoms with E-state index in [-0.39, 0.29) is 189 Å². The van der Waals surface area contributed by atoms with E-state index in [1.165, 1.54) is 119 Å². The summed E-state index contributed by atoms with van der Waals surface area (Å²) in [6.07, 6.45) is -1.05. The predicted molar refractivity (Wildman–Crippen MR) is 446 cm³/mol. The normalized spacial score (nSPS) is 17.1. The Morgan fingerprint density at radius 2 is 0.764 bits per heavy atom. The lowest BCUT2D eigenvalue weighted by molar-refractivity contribution is -0.138. The van der Waals surface area contributed by atoms with Crippen molar-refractivity contribution in [3.63, 3.8) is 0 Å². The highest BCUT2D eigenvalue weighted by Gasteiger charge is 2.43. The molecular formula is C83H85BrCl3F9N6O18P3+. The Labute approximate surface area is 724 Å². The minimum absolute atomic E-state index is 0.00162. The largest absolute Gasteiger partial charge is 0.697 e. The van der Waals surface area contributed by atoms with E-state index >= 15 is 4.39 Å². The summed E-state index contributed by atoms with van der Waals surface area (Å²) in [5, 5.41) is -0.906. The maximum atomic E-state index is 15.2. The van der Waals surface area contributed by atoms with E-state index in [4.69, 9.17) is 43.9 Å². The van der Waals surface area contributed by atoms with Gasteiger partial charge in [-0.2, -0.15) is 0 Å². The Bertz CT molecular complexity index is 5660. The van der Waals surface area contributed by atoms with Crippen LogP contribution in [-0.2, 0) is 99.5 Å². The molecule has 6 heterocycles. The maximum Gasteiger partial charge on any atom is 0.697 e. The van der Waals surface area contributed by atoms with Gasteiger partial charge in [-0.05, 0) is 155 Å². The van der Waals surface area contributed by atoms with Crippen molar-refractivity contribution in [3.8, 4) is 0 Å². The van der Waals surface area contributed by atoms with Gasteiger partial charge in [0.25, 0.3) is 0 Å². The third-order valence-corrected chi connectivity index (χ3v) is 25.9. The van der Waals surface area contributed by atoms with Gasteiger partial charge in [-0.1, -0.05) is 71.2 Å². The summed E-state index contributed by atoms with van der Waals surface area (Å²) in [6, 6.07) is 16.8. The second-order valence-electron chi connectivity index (χ2n) is 28.8. The van der Waals surface area contributed by atoms with Gasteiger partial charge in [0.15, 0.2) is 34.7 Å². The van der Waals surface area contributed by atoms with E-state index in [9.17, 15) is 102 Å². The highest BCUT2D eigenvalue weighted by molar-refractivity contribution is 9.10. The molecule has 3 aromatic heterocycles. The summed E-state index contributed by atoms with van der Waals surface area (Å²) in [4.78, 5) is 138. The first kappa shape index (κ1) is 98.2. The molecule has 3 aliphatic heterocycles. The van der Waals surface area contributed by atoms with Crippen LogP contribution in [0, 0.1) is 34.9 Å². The fourth-order valence-corrected chi connectivity index (χ4v) is 18.3. The summed E-state index contributed by atoms with van der Waals surface area (Å²) in [7, 11) is -10.9. The number of carbonyl (C=O) groups excluding carboxylic acids is 9. The molecule has 3 aliphatic rings. The summed E-state index contributed by atoms with van der Waals surface area (Å²) >= 11 is 20.5. The maximum absolute atomic E-state index is 15.2. The van der Waals surface area contributed by atoms with Crippen LogP contribution in [0.2, 0.25) is 15.1 Å². The van der Waals surface area contributed by atoms with Gasteiger partial charge < -0.3 is 47.2 Å². The Morgan fingerprint density at radius 1 is 0.463 bits per heavy atom. The van der Waals surface area contributed by atoms with Crippen LogP contribution in [-0.4, -0.2) is 173 Å². The number of aromatic nitrogens is 3. The van der Waals surface area contributed by atoms with Crippen LogP contribution in [0.4, 0.5) is 39.5 Å². The third kappa shape index (κ3) is 24.0. The van der Waals surface area contributed by atoms with E-state index in [1.54, 1.807) is 39.8 Å². The number of hydrogen-bond donors (Lipinski definition) is 2. The number of likely N-dealkylation sites (tertiary alicyclic amines) is 3. The molecule has 0 unspecified atom stereocenters. The summed E-state index contributed by atoms with van der Waals surface area (Å²) in [5.41, 5.74) is 1.77. The molecule has 9 aromatic rings. The average Bonchev–Trinajstić information content (AvgIpc) is 1.63. The molecule has 0 bridgehead atoms. The molecule has 0 saturated carbocycles. The zero-order valence-electron chi connectivity index (χ0n) is 67.2. The van der Waals surface area contributed by atoms with Crippen molar-refractivity contribution in [2.24, 2.45) is 0 Å². The predicted octanol–water partition coefficient (Wildman–Crippen LogP) is 16.9. The average molecular weight is 1900 g/mol. The first-order chi connectivity index (χ1) is 58.0. The number of amides is 3. The molecular weight excluding hydrogens is 1820 g/mol. The third-order valence-electron chi connectivity index (χ3n) is 20.4. The first-order valence-corrected chi connectivity index (χ1v) is 44.7. The highest BCUT2D eigenvalue weighted by atomic mass is 79.9. The van der Waals surface area contributed by atoms with Crippen LogP contribution in [0.5, 0.6) is 0 Å². The molecule has 3 amide bonds. The lowest BCUT2D eigenvalue weighted by Crippen LogP contribution is -2.42. The quantitative estimate of drug-likeness (QED) is 0.0232. The molecule has 12 rings (SSSR count). The van der Waals surface area contributed by atoms with Crippen LogP contribution in [0.15, 0.2) is 114 Å². The van der Waals surface area contributed by atoms with Crippen molar-refractivity contribution >= 4 is 170 Å². The first-order valence-electron chi connectivity index (χ1n) is 38.6. The molecule has 6 aromatic carbocycles. The van der Waals surface area contributed by atoms with Gasteiger partial charge in [0.05, 0.1) is 87.1 Å². The number of nitrogens with zero attached hydrogens (tertiary/aromatic N) is 6. The number of hydrogen-bond acceptors (Lipinski definition) is 16. The van der Waals surface area contributed by atoms with E-state index in [0.29, 0.717) is 24.1 Å². The molecule has 2 N–H and O–H groups in total. The zero-order chi connectivity index (χ0) is 90.5. The second-order valence-corrected chi connectivity index (χ2v) is 35.4. The topological polar surface area (TPSA) is 307 Å². The van der Waals surface area contributed by atoms with E-state index in [0.717, 1.165) is 28.0 Å². The van der Waals surface area contributed by atoms with Crippen LogP contribution in [0.3, 0.4) is 0 Å². The van der Waals surface area contributed by atoms with Gasteiger partial charge in [-0.25, -0.2) is 39.5 Å². The van der Waals surface area contributed by atoms with Crippen LogP contribution in [0.25, 0.3) is 32.7 Å². The molecule has 40 heteroatoms. The standard InChI is InChI=1S/C29H31ClF3N2O6P.C25H21BrClF3N2O3.C25H23ClF3N2O6P.C4H10O3P/c1-4-40-42(39,41-5-2)27-13-24-20(12-23(27)32)21(17(3)36)15-34(24)16-28(38)35-14-19(31)11-25(35)26(37)10-9-18-7-6-8-22(30)29(18)33;1-13(33)17-11-31(21-9-18(26)20(29)8-16(17)21)12-24(35)32-10-15(28)7-22(32)23(34)6-5-14-3-2-4-19(27)25(14)30;1-13(32)17-11-30(20-9-23(38(35,36)37)19(28)8-16(17)20)12-24(34)31-10-15(27)7-21(31)22(33)6-5-14-3-2-4-18(26)25(14)29;1-3-6-8(5)7-4-2/h6-8,12-13,15,19,25H,4-5,9-11,14,16H2,1-3H3;2-4,8-9,11,15,22H,5-7,10,12H2,1H3;2-4,8-9,11,15,21H,5-7,10,12H2,1H3,(H2,35,36,37);3-4H2,1-2H3/q;;;+1/t19-,25+;15-,22+;15-,21+;/m111./s1. The number of fused-ring (bicyclic) bond motifs is 3. The molecule has 660 valence electrons. The van der Waals surface area contributed by atoms with Crippen LogP contribution >= 0.6 is 74.2 Å². The minimum atomic E-state index is -5.02. The molecule has 123 heavy (non-hydrogen) atoms. The Kier molecular flexibility index (Phi) is 34.4. The van der Waals surface area contributed by atoms with Crippen molar-refractivity contribution in [1.82, 2.24) is 28.4 Å². The molecule has 0 spiro atoms. The van der Waals surface area contributed by atoms with Gasteiger partial charge in [0, 0.05) is 94.5 Å². The van der Waals surface area contributed by atoms with Crippen molar-refractivity contribution in [2.75, 3.05) is 46.1 Å². The van der Waals surface area contributed by atoms with Gasteiger partial charge in [-0.3, -0.25) is 52.3 Å². The summed E-state index contributed by atoms with van der Waals surface area (Å²) < 4.78 is 189. The lowest BCUT2D eigenvalue weighted by Gasteiger charge is -2.24. The molecule has 0 aliphatic carbocycles. The van der Waals surface area contributed by atoms with Crippen LogP contribution in [0.1, 0.15) is 135 Å². The van der Waals surface area contributed by atoms with Crippen molar-refractivity contribution in [2.45, 2.75) is 163 Å². The smallest absolute Gasteiger partial charge is 0.337 e. The van der Waals surface area contributed by atoms with E-state index in [2.05, 4.69) is 25.0 Å². The minimum Gasteiger partial charge on any atom is -0.337 e. The number of carbonyl (C=O) groups is 9. The van der Waals surface area contributed by atoms with Crippen molar-refractivity contribution in [3.05, 3.63) is 197 Å². The van der Waals surface area contributed by atoms with Crippen LogP contribution < -0.4 is 10.6 Å². The number of rotatable bonds is 31. The SMILES string of the molecule is CC(=O)c1cn(CC(=O)N2C[C@H](F)C[C@H]2C(=O)CCc2cccc(Cl)c2F)c2cc(Br)c(F)cc12.CC(=O)c1cn(CC(=O)N2C[C@H](F)C[C@H]2C(=O)CCc2cccc(Cl)c2F)c2cc(P(=O)(O)O)c(F)cc12.CCOP(=O)(OCC)c1cc2c(cc1F)c(C(C)=O)cn2CC(=O)N1C[C@H](F)C[C@H]1C(=O)CCc1cccc(Cl)c1F.CCO[P+](=O)OCC. The number of ketones is 6. The van der Waals surface area contributed by atoms with E-state index < -0.39 is 154 Å². The summed E-state index contributed by atoms with van der Waals surface area (Å²) in [5.74, 6) is -8.81. The number of Topliss-reactive ketones (excluding diaryl/α,β-unsaturated/α-hetero) is 6. The molecule has 3 saturated heterocycles. The van der Waals surface area contributed by atoms with E-state index in [1.807, 2.05) is 0 Å². The fourth-order valence-electron chi connectivity index (χ4n) is 14.6. The Morgan fingerprint density at radius 3 is 1.07 bits per heavy atom. The van der Waals surface area contributed by atoms with Gasteiger partial charge in [-0.15, -0.1) is 9.05 Å². The summed E-state index contributed by atoms with van der Waals surface area (Å²) in [6.45, 7) is 9.27. The number of halogens is 13. The number of aryl methyl sites for hydroxylation is 3. The second kappa shape index (κ2) is 43.1. The highest BCUT2D eigenvalue weighted by Crippen LogP contribution is 2.49. The Balaban J connectivity index is 0.000000201.